The molecule has 2 rings (SSSR count). The highest BCUT2D eigenvalue weighted by atomic mass is 32.2. The summed E-state index contributed by atoms with van der Waals surface area (Å²) in [4.78, 5) is 3.01. The number of nitrogen functional groups attached to an aromatic ring is 1. The summed E-state index contributed by atoms with van der Waals surface area (Å²) in [5.74, 6) is -2.71. The molecular weight excluding hydrogens is 288 g/mol. The third-order valence-corrected chi connectivity index (χ3v) is 4.39. The maximum Gasteiger partial charge on any atom is 0.268 e. The van der Waals surface area contributed by atoms with Gasteiger partial charge in [-0.15, -0.1) is 0 Å². The number of nitrogens with two attached hydrogens (primary N) is 1. The average molecular weight is 299 g/mol. The highest BCUT2D eigenvalue weighted by Crippen LogP contribution is 2.25. The topological polar surface area (TPSA) is 76.3 Å². The molecule has 1 aromatic heterocycles. The first-order chi connectivity index (χ1) is 9.34. The average Bonchev–Trinajstić information content (AvgIpc) is 2.42. The Hall–Kier alpha value is -2.22. The van der Waals surface area contributed by atoms with Gasteiger partial charge in [0.1, 0.15) is 10.7 Å². The number of aromatic nitrogens is 1. The smallest absolute Gasteiger partial charge is 0.268 e. The van der Waals surface area contributed by atoms with Crippen molar-refractivity contribution in [3.05, 3.63) is 48.2 Å². The van der Waals surface area contributed by atoms with E-state index in [-0.39, 0.29) is 11.5 Å². The maximum absolute atomic E-state index is 13.7. The third kappa shape index (κ3) is 2.42. The van der Waals surface area contributed by atoms with Crippen LogP contribution in [0.2, 0.25) is 0 Å². The minimum absolute atomic E-state index is 0.0785. The highest BCUT2D eigenvalue weighted by Gasteiger charge is 2.28. The first-order valence-corrected chi connectivity index (χ1v) is 6.92. The van der Waals surface area contributed by atoms with Crippen LogP contribution < -0.4 is 10.0 Å². The van der Waals surface area contributed by atoms with Gasteiger partial charge in [0.2, 0.25) is 0 Å². The van der Waals surface area contributed by atoms with Crippen molar-refractivity contribution >= 4 is 21.5 Å². The van der Waals surface area contributed by atoms with Crippen LogP contribution in [0, 0.1) is 11.6 Å². The minimum Gasteiger partial charge on any atom is -0.399 e. The van der Waals surface area contributed by atoms with Crippen LogP contribution in [0.4, 0.5) is 20.3 Å². The molecule has 8 heteroatoms. The van der Waals surface area contributed by atoms with Crippen molar-refractivity contribution in [2.75, 3.05) is 17.1 Å². The van der Waals surface area contributed by atoms with Crippen molar-refractivity contribution in [3.8, 4) is 0 Å². The van der Waals surface area contributed by atoms with Crippen molar-refractivity contribution in [3.63, 3.8) is 0 Å². The van der Waals surface area contributed by atoms with Crippen LogP contribution in [-0.2, 0) is 10.0 Å². The lowest BCUT2D eigenvalue weighted by Crippen LogP contribution is -2.28. The zero-order chi connectivity index (χ0) is 14.9. The fourth-order valence-electron chi connectivity index (χ4n) is 1.58. The Labute approximate surface area is 114 Å². The molecule has 0 atom stereocenters. The number of hydrogen-bond acceptors (Lipinski definition) is 4. The molecule has 2 aromatic rings. The summed E-state index contributed by atoms with van der Waals surface area (Å²) >= 11 is 0. The van der Waals surface area contributed by atoms with E-state index >= 15 is 0 Å². The third-order valence-electron chi connectivity index (χ3n) is 2.63. The van der Waals surface area contributed by atoms with E-state index in [9.17, 15) is 17.2 Å². The van der Waals surface area contributed by atoms with E-state index in [0.29, 0.717) is 0 Å². The summed E-state index contributed by atoms with van der Waals surface area (Å²) < 4.78 is 52.3. The Balaban J connectivity index is 2.57. The Kier molecular flexibility index (Phi) is 3.58. The summed E-state index contributed by atoms with van der Waals surface area (Å²) in [6.45, 7) is 0. The van der Waals surface area contributed by atoms with Gasteiger partial charge in [0.05, 0.1) is 0 Å². The summed E-state index contributed by atoms with van der Waals surface area (Å²) in [5.41, 5.74) is 5.18. The summed E-state index contributed by atoms with van der Waals surface area (Å²) in [6, 6.07) is 6.19. The van der Waals surface area contributed by atoms with Gasteiger partial charge in [0, 0.05) is 18.9 Å². The lowest BCUT2D eigenvalue weighted by Gasteiger charge is -2.18. The number of rotatable bonds is 3. The molecule has 1 heterocycles. The molecule has 0 spiro atoms. The molecule has 0 saturated carbocycles. The van der Waals surface area contributed by atoms with E-state index in [0.717, 1.165) is 16.4 Å². The van der Waals surface area contributed by atoms with Gasteiger partial charge in [-0.3, -0.25) is 4.31 Å². The minimum atomic E-state index is -4.29. The molecular formula is C12H11F2N3O2S. The summed E-state index contributed by atoms with van der Waals surface area (Å²) in [5, 5.41) is 0. The van der Waals surface area contributed by atoms with Crippen molar-refractivity contribution in [2.24, 2.45) is 0 Å². The lowest BCUT2D eigenvalue weighted by molar-refractivity contribution is 0.485. The Morgan fingerprint density at radius 1 is 1.25 bits per heavy atom. The normalized spacial score (nSPS) is 11.3. The molecule has 106 valence electrons. The summed E-state index contributed by atoms with van der Waals surface area (Å²) in [7, 11) is -3.10. The largest absolute Gasteiger partial charge is 0.399 e. The van der Waals surface area contributed by atoms with Gasteiger partial charge < -0.3 is 5.73 Å². The molecule has 0 bridgehead atoms. The van der Waals surface area contributed by atoms with E-state index in [4.69, 9.17) is 5.73 Å². The number of sulfonamides is 1. The Morgan fingerprint density at radius 2 is 1.95 bits per heavy atom. The van der Waals surface area contributed by atoms with E-state index in [1.165, 1.54) is 19.3 Å². The number of pyridine rings is 1. The second kappa shape index (κ2) is 5.04. The van der Waals surface area contributed by atoms with Gasteiger partial charge >= 0.3 is 0 Å². The zero-order valence-electron chi connectivity index (χ0n) is 10.4. The van der Waals surface area contributed by atoms with Gasteiger partial charge in [-0.2, -0.15) is 0 Å². The summed E-state index contributed by atoms with van der Waals surface area (Å²) in [6.07, 6.45) is 1.39. The number of hydrogen-bond donors (Lipinski definition) is 1. The van der Waals surface area contributed by atoms with Gasteiger partial charge in [-0.05, 0) is 24.3 Å². The fourth-order valence-corrected chi connectivity index (χ4v) is 2.84. The second-order valence-electron chi connectivity index (χ2n) is 3.98. The van der Waals surface area contributed by atoms with Crippen LogP contribution in [0.15, 0.2) is 41.4 Å². The Bertz CT molecular complexity index is 736. The molecule has 0 fully saturated rings. The van der Waals surface area contributed by atoms with Crippen LogP contribution in [0.1, 0.15) is 0 Å². The standard InChI is InChI=1S/C12H11F2N3O2S/c1-17(11-4-2-3-5-16-11)20(18,19)10-7-8(15)6-9(13)12(10)14/h2-7H,15H2,1H3. The molecule has 0 amide bonds. The van der Waals surface area contributed by atoms with Crippen LogP contribution in [0.25, 0.3) is 0 Å². The number of benzene rings is 1. The number of nitrogens with zero attached hydrogens (tertiary/aromatic N) is 2. The van der Waals surface area contributed by atoms with Crippen LogP contribution in [0.3, 0.4) is 0 Å². The predicted molar refractivity (Wildman–Crippen MR) is 70.6 cm³/mol. The van der Waals surface area contributed by atoms with E-state index < -0.39 is 26.6 Å². The SMILES string of the molecule is CN(c1ccccn1)S(=O)(=O)c1cc(N)cc(F)c1F. The molecule has 0 unspecified atom stereocenters. The molecule has 0 aliphatic rings. The van der Waals surface area contributed by atoms with E-state index in [1.807, 2.05) is 0 Å². The van der Waals surface area contributed by atoms with Gasteiger partial charge in [-0.25, -0.2) is 22.2 Å². The molecule has 2 N–H and O–H groups in total. The lowest BCUT2D eigenvalue weighted by atomic mass is 10.3. The van der Waals surface area contributed by atoms with Crippen LogP contribution in [0.5, 0.6) is 0 Å². The fraction of sp³-hybridized carbons (Fsp3) is 0.0833. The quantitative estimate of drug-likeness (QED) is 0.876. The molecule has 0 radical (unpaired) electrons. The number of halogens is 2. The van der Waals surface area contributed by atoms with E-state index in [1.54, 1.807) is 12.1 Å². The Morgan fingerprint density at radius 3 is 2.55 bits per heavy atom. The number of anilines is 2. The molecule has 0 saturated heterocycles. The molecule has 0 aliphatic carbocycles. The maximum atomic E-state index is 13.7. The monoisotopic (exact) mass is 299 g/mol. The highest BCUT2D eigenvalue weighted by molar-refractivity contribution is 7.92. The first kappa shape index (κ1) is 14.2. The van der Waals surface area contributed by atoms with Crippen molar-refractivity contribution in [2.45, 2.75) is 4.90 Å². The van der Waals surface area contributed by atoms with Crippen molar-refractivity contribution < 1.29 is 17.2 Å². The van der Waals surface area contributed by atoms with Gasteiger partial charge in [0.25, 0.3) is 10.0 Å². The van der Waals surface area contributed by atoms with E-state index in [2.05, 4.69) is 4.98 Å². The van der Waals surface area contributed by atoms with Crippen molar-refractivity contribution in [1.29, 1.82) is 0 Å². The van der Waals surface area contributed by atoms with Crippen LogP contribution in [-0.4, -0.2) is 20.4 Å². The zero-order valence-corrected chi connectivity index (χ0v) is 11.2. The first-order valence-electron chi connectivity index (χ1n) is 5.48. The molecule has 1 aromatic carbocycles. The van der Waals surface area contributed by atoms with Crippen molar-refractivity contribution in [1.82, 2.24) is 4.98 Å². The van der Waals surface area contributed by atoms with Gasteiger partial charge in [-0.1, -0.05) is 6.07 Å². The molecule has 0 aliphatic heterocycles. The molecule has 20 heavy (non-hydrogen) atoms. The van der Waals surface area contributed by atoms with Gasteiger partial charge in [0.15, 0.2) is 11.6 Å². The van der Waals surface area contributed by atoms with Crippen LogP contribution >= 0.6 is 0 Å². The predicted octanol–water partition coefficient (Wildman–Crippen LogP) is 1.77. The molecule has 5 nitrogen and oxygen atoms in total. The second-order valence-corrected chi connectivity index (χ2v) is 5.91.